The van der Waals surface area contributed by atoms with Crippen LogP contribution < -0.4 is 0 Å². The highest BCUT2D eigenvalue weighted by molar-refractivity contribution is 5.88. The fourth-order valence-electron chi connectivity index (χ4n) is 1.53. The molecule has 0 saturated carbocycles. The van der Waals surface area contributed by atoms with E-state index in [0.717, 1.165) is 0 Å². The van der Waals surface area contributed by atoms with Crippen LogP contribution in [0.25, 0.3) is 0 Å². The van der Waals surface area contributed by atoms with Crippen LogP contribution in [0.3, 0.4) is 0 Å². The van der Waals surface area contributed by atoms with Gasteiger partial charge >= 0.3 is 11.9 Å². The SMILES string of the molecule is CCOC(=O)CC(C)(C)C=C(C)C(=O)OCC. The molecule has 0 radical (unpaired) electrons. The molecule has 0 bridgehead atoms. The number of rotatable bonds is 6. The van der Waals surface area contributed by atoms with Crippen LogP contribution in [0.15, 0.2) is 11.6 Å². The Morgan fingerprint density at radius 1 is 1.12 bits per heavy atom. The first kappa shape index (κ1) is 15.7. The number of esters is 2. The lowest BCUT2D eigenvalue weighted by Gasteiger charge is -2.19. The molecule has 0 aliphatic heterocycles. The van der Waals surface area contributed by atoms with Gasteiger partial charge in [-0.2, -0.15) is 0 Å². The van der Waals surface area contributed by atoms with Gasteiger partial charge in [-0.1, -0.05) is 19.9 Å². The number of carbonyl (C=O) groups excluding carboxylic acids is 2. The zero-order valence-electron chi connectivity index (χ0n) is 11.3. The quantitative estimate of drug-likeness (QED) is 0.530. The van der Waals surface area contributed by atoms with E-state index in [1.165, 1.54) is 0 Å². The smallest absolute Gasteiger partial charge is 0.333 e. The monoisotopic (exact) mass is 242 g/mol. The first-order valence-electron chi connectivity index (χ1n) is 5.84. The fourth-order valence-corrected chi connectivity index (χ4v) is 1.53. The van der Waals surface area contributed by atoms with Crippen LogP contribution in [0.4, 0.5) is 0 Å². The van der Waals surface area contributed by atoms with Gasteiger partial charge in [0.05, 0.1) is 19.6 Å². The molecule has 0 atom stereocenters. The van der Waals surface area contributed by atoms with Crippen LogP contribution in [0, 0.1) is 5.41 Å². The summed E-state index contributed by atoms with van der Waals surface area (Å²) >= 11 is 0. The second-order valence-corrected chi connectivity index (χ2v) is 4.52. The number of ether oxygens (including phenoxy) is 2. The molecule has 0 aliphatic rings. The van der Waals surface area contributed by atoms with Gasteiger partial charge in [0.25, 0.3) is 0 Å². The molecule has 4 nitrogen and oxygen atoms in total. The Bertz CT molecular complexity index is 303. The van der Waals surface area contributed by atoms with Crippen molar-refractivity contribution in [3.05, 3.63) is 11.6 Å². The van der Waals surface area contributed by atoms with Crippen molar-refractivity contribution >= 4 is 11.9 Å². The molecule has 0 aromatic rings. The lowest BCUT2D eigenvalue weighted by Crippen LogP contribution is -2.18. The maximum atomic E-state index is 11.4. The van der Waals surface area contributed by atoms with E-state index in [0.29, 0.717) is 18.8 Å². The van der Waals surface area contributed by atoms with E-state index in [1.54, 1.807) is 26.8 Å². The number of hydrogen-bond acceptors (Lipinski definition) is 4. The van der Waals surface area contributed by atoms with Crippen LogP contribution in [0.1, 0.15) is 41.0 Å². The second-order valence-electron chi connectivity index (χ2n) is 4.52. The molecule has 0 unspecified atom stereocenters. The molecule has 0 N–H and O–H groups in total. The molecule has 0 aromatic heterocycles. The van der Waals surface area contributed by atoms with E-state index in [2.05, 4.69) is 0 Å². The highest BCUT2D eigenvalue weighted by atomic mass is 16.5. The van der Waals surface area contributed by atoms with Crippen molar-refractivity contribution in [2.45, 2.75) is 41.0 Å². The molecular weight excluding hydrogens is 220 g/mol. The van der Waals surface area contributed by atoms with Crippen molar-refractivity contribution in [1.82, 2.24) is 0 Å². The number of carbonyl (C=O) groups is 2. The van der Waals surface area contributed by atoms with E-state index < -0.39 is 5.41 Å². The normalized spacial score (nSPS) is 12.2. The predicted octanol–water partition coefficient (Wildman–Crippen LogP) is 2.48. The van der Waals surface area contributed by atoms with Gasteiger partial charge in [0.1, 0.15) is 0 Å². The van der Waals surface area contributed by atoms with Gasteiger partial charge in [-0.25, -0.2) is 4.79 Å². The van der Waals surface area contributed by atoms with Gasteiger partial charge in [0, 0.05) is 5.57 Å². The third kappa shape index (κ3) is 6.76. The second kappa shape index (κ2) is 7.09. The Kier molecular flexibility index (Phi) is 6.54. The Morgan fingerprint density at radius 2 is 1.65 bits per heavy atom. The molecular formula is C13H22O4. The van der Waals surface area contributed by atoms with Gasteiger partial charge in [0.2, 0.25) is 0 Å². The molecule has 0 fully saturated rings. The molecule has 0 aliphatic carbocycles. The Hall–Kier alpha value is -1.32. The minimum Gasteiger partial charge on any atom is -0.466 e. The van der Waals surface area contributed by atoms with Crippen LogP contribution in [0.2, 0.25) is 0 Å². The van der Waals surface area contributed by atoms with Crippen molar-refractivity contribution in [2.75, 3.05) is 13.2 Å². The molecule has 0 rings (SSSR count). The zero-order chi connectivity index (χ0) is 13.5. The Morgan fingerprint density at radius 3 is 2.12 bits per heavy atom. The van der Waals surface area contributed by atoms with Crippen LogP contribution in [-0.2, 0) is 19.1 Å². The summed E-state index contributed by atoms with van der Waals surface area (Å²) in [5.74, 6) is -0.602. The standard InChI is InChI=1S/C13H22O4/c1-6-16-11(14)9-13(4,5)8-10(3)12(15)17-7-2/h8H,6-7,9H2,1-5H3. The first-order valence-corrected chi connectivity index (χ1v) is 5.84. The van der Waals surface area contributed by atoms with Crippen LogP contribution in [0.5, 0.6) is 0 Å². The molecule has 98 valence electrons. The summed E-state index contributed by atoms with van der Waals surface area (Å²) in [6.45, 7) is 9.70. The molecule has 0 aromatic carbocycles. The summed E-state index contributed by atoms with van der Waals surface area (Å²) in [5.41, 5.74) is 0.101. The fraction of sp³-hybridized carbons (Fsp3) is 0.692. The summed E-state index contributed by atoms with van der Waals surface area (Å²) in [6, 6.07) is 0. The summed E-state index contributed by atoms with van der Waals surface area (Å²) < 4.78 is 9.76. The molecule has 4 heteroatoms. The number of allylic oxidation sites excluding steroid dienone is 1. The highest BCUT2D eigenvalue weighted by Crippen LogP contribution is 2.24. The Labute approximate surface area is 103 Å². The summed E-state index contributed by atoms with van der Waals surface area (Å²) in [4.78, 5) is 22.8. The molecule has 0 heterocycles. The van der Waals surface area contributed by atoms with E-state index in [1.807, 2.05) is 13.8 Å². The Balaban J connectivity index is 4.55. The van der Waals surface area contributed by atoms with Crippen molar-refractivity contribution in [3.8, 4) is 0 Å². The molecule has 0 spiro atoms. The summed E-state index contributed by atoms with van der Waals surface area (Å²) in [7, 11) is 0. The van der Waals surface area contributed by atoms with Gasteiger partial charge in [-0.15, -0.1) is 0 Å². The van der Waals surface area contributed by atoms with Gasteiger partial charge < -0.3 is 9.47 Å². The lowest BCUT2D eigenvalue weighted by atomic mass is 9.87. The molecule has 17 heavy (non-hydrogen) atoms. The third-order valence-electron chi connectivity index (χ3n) is 2.11. The topological polar surface area (TPSA) is 52.6 Å². The van der Waals surface area contributed by atoms with Crippen molar-refractivity contribution < 1.29 is 19.1 Å². The van der Waals surface area contributed by atoms with E-state index in [4.69, 9.17) is 9.47 Å². The predicted molar refractivity (Wildman–Crippen MR) is 65.4 cm³/mol. The molecule has 0 saturated heterocycles. The maximum absolute atomic E-state index is 11.4. The zero-order valence-corrected chi connectivity index (χ0v) is 11.3. The van der Waals surface area contributed by atoms with Crippen LogP contribution >= 0.6 is 0 Å². The summed E-state index contributed by atoms with van der Waals surface area (Å²) in [5, 5.41) is 0. The molecule has 0 amide bonds. The number of hydrogen-bond donors (Lipinski definition) is 0. The van der Waals surface area contributed by atoms with E-state index in [-0.39, 0.29) is 18.4 Å². The summed E-state index contributed by atoms with van der Waals surface area (Å²) in [6.07, 6.45) is 2.00. The largest absolute Gasteiger partial charge is 0.466 e. The van der Waals surface area contributed by atoms with Crippen molar-refractivity contribution in [3.63, 3.8) is 0 Å². The van der Waals surface area contributed by atoms with Gasteiger partial charge in [-0.3, -0.25) is 4.79 Å². The average Bonchev–Trinajstić information content (AvgIpc) is 2.16. The maximum Gasteiger partial charge on any atom is 0.333 e. The minimum absolute atomic E-state index is 0.248. The lowest BCUT2D eigenvalue weighted by molar-refractivity contribution is -0.145. The average molecular weight is 242 g/mol. The van der Waals surface area contributed by atoms with Gasteiger partial charge in [-0.05, 0) is 26.2 Å². The first-order chi connectivity index (χ1) is 7.82. The van der Waals surface area contributed by atoms with Gasteiger partial charge in [0.15, 0.2) is 0 Å². The van der Waals surface area contributed by atoms with Crippen molar-refractivity contribution in [2.24, 2.45) is 5.41 Å². The van der Waals surface area contributed by atoms with Crippen LogP contribution in [-0.4, -0.2) is 25.2 Å². The third-order valence-corrected chi connectivity index (χ3v) is 2.11. The minimum atomic E-state index is -0.414. The van der Waals surface area contributed by atoms with E-state index >= 15 is 0 Å². The van der Waals surface area contributed by atoms with E-state index in [9.17, 15) is 9.59 Å². The van der Waals surface area contributed by atoms with Crippen molar-refractivity contribution in [1.29, 1.82) is 0 Å². The highest BCUT2D eigenvalue weighted by Gasteiger charge is 2.22.